The van der Waals surface area contributed by atoms with E-state index in [1.54, 1.807) is 24.6 Å². The van der Waals surface area contributed by atoms with Gasteiger partial charge in [0.25, 0.3) is 5.91 Å². The summed E-state index contributed by atoms with van der Waals surface area (Å²) in [6.45, 7) is 4.05. The Bertz CT molecular complexity index is 606. The summed E-state index contributed by atoms with van der Waals surface area (Å²) in [7, 11) is 0. The molecule has 2 aromatic heterocycles. The molecule has 2 aromatic rings. The average molecular weight is 291 g/mol. The van der Waals surface area contributed by atoms with Crippen molar-refractivity contribution in [1.29, 1.82) is 0 Å². The normalized spacial score (nSPS) is 19.4. The zero-order valence-electron chi connectivity index (χ0n) is 11.5. The molecule has 2 atom stereocenters. The van der Waals surface area contributed by atoms with Crippen LogP contribution in [0.1, 0.15) is 36.9 Å². The van der Waals surface area contributed by atoms with Gasteiger partial charge < -0.3 is 5.32 Å². The van der Waals surface area contributed by atoms with Crippen LogP contribution in [0.4, 0.5) is 5.13 Å². The van der Waals surface area contributed by atoms with E-state index in [4.69, 9.17) is 0 Å². The van der Waals surface area contributed by atoms with E-state index in [9.17, 15) is 4.79 Å². The monoisotopic (exact) mass is 291 g/mol. The summed E-state index contributed by atoms with van der Waals surface area (Å²) in [6.07, 6.45) is 6.23. The lowest BCUT2D eigenvalue weighted by Gasteiger charge is -2.15. The molecule has 0 fully saturated rings. The number of rotatable bonds is 3. The van der Waals surface area contributed by atoms with Gasteiger partial charge in [0.1, 0.15) is 18.7 Å². The molecule has 0 unspecified atom stereocenters. The fourth-order valence-corrected chi connectivity index (χ4v) is 3.51. The van der Waals surface area contributed by atoms with Gasteiger partial charge in [-0.3, -0.25) is 4.79 Å². The third-order valence-electron chi connectivity index (χ3n) is 3.63. The van der Waals surface area contributed by atoms with Crippen LogP contribution in [0.2, 0.25) is 0 Å². The molecule has 3 rings (SSSR count). The minimum absolute atomic E-state index is 0.116. The van der Waals surface area contributed by atoms with Crippen LogP contribution < -0.4 is 5.32 Å². The Hall–Kier alpha value is -1.76. The van der Waals surface area contributed by atoms with Gasteiger partial charge in [-0.05, 0) is 32.1 Å². The van der Waals surface area contributed by atoms with Gasteiger partial charge in [-0.1, -0.05) is 6.92 Å². The van der Waals surface area contributed by atoms with Crippen molar-refractivity contribution < 1.29 is 4.79 Å². The summed E-state index contributed by atoms with van der Waals surface area (Å²) in [5.74, 6) is 0.593. The number of nitrogens with one attached hydrogen (secondary N) is 1. The van der Waals surface area contributed by atoms with Crippen molar-refractivity contribution >= 4 is 22.4 Å². The molecule has 20 heavy (non-hydrogen) atoms. The SMILES string of the molecule is C[C@H]1CCc2nc(NC(=O)[C@H](C)n3cncn3)sc2C1. The summed E-state index contributed by atoms with van der Waals surface area (Å²) in [5.41, 5.74) is 1.15. The number of aromatic nitrogens is 4. The first-order valence-electron chi connectivity index (χ1n) is 6.77. The van der Waals surface area contributed by atoms with E-state index in [1.165, 1.54) is 22.3 Å². The summed E-state index contributed by atoms with van der Waals surface area (Å²) in [6, 6.07) is -0.391. The maximum absolute atomic E-state index is 12.2. The number of carbonyl (C=O) groups is 1. The van der Waals surface area contributed by atoms with E-state index in [-0.39, 0.29) is 5.91 Å². The topological polar surface area (TPSA) is 72.7 Å². The van der Waals surface area contributed by atoms with E-state index in [0.29, 0.717) is 11.0 Å². The van der Waals surface area contributed by atoms with Crippen molar-refractivity contribution in [2.75, 3.05) is 5.32 Å². The summed E-state index contributed by atoms with van der Waals surface area (Å²) in [5, 5.41) is 7.56. The van der Waals surface area contributed by atoms with Gasteiger partial charge in [0.05, 0.1) is 5.69 Å². The molecule has 1 aliphatic carbocycles. The lowest BCUT2D eigenvalue weighted by molar-refractivity contribution is -0.119. The van der Waals surface area contributed by atoms with Crippen LogP contribution in [0.5, 0.6) is 0 Å². The second-order valence-corrected chi connectivity index (χ2v) is 6.36. The van der Waals surface area contributed by atoms with Gasteiger partial charge in [0.15, 0.2) is 5.13 Å². The van der Waals surface area contributed by atoms with Crippen molar-refractivity contribution in [3.8, 4) is 0 Å². The lowest BCUT2D eigenvalue weighted by atomic mass is 9.93. The average Bonchev–Trinajstić information content (AvgIpc) is 3.05. The maximum Gasteiger partial charge on any atom is 0.250 e. The van der Waals surface area contributed by atoms with Gasteiger partial charge in [-0.15, -0.1) is 11.3 Å². The molecule has 0 radical (unpaired) electrons. The molecule has 0 spiro atoms. The zero-order valence-corrected chi connectivity index (χ0v) is 12.4. The molecule has 0 saturated heterocycles. The first-order chi connectivity index (χ1) is 9.63. The van der Waals surface area contributed by atoms with Crippen LogP contribution in [0, 0.1) is 5.92 Å². The van der Waals surface area contributed by atoms with Gasteiger partial charge in [-0.2, -0.15) is 5.10 Å². The van der Waals surface area contributed by atoms with Crippen molar-refractivity contribution in [3.05, 3.63) is 23.2 Å². The lowest BCUT2D eigenvalue weighted by Crippen LogP contribution is -2.23. The van der Waals surface area contributed by atoms with Crippen LogP contribution >= 0.6 is 11.3 Å². The Balaban J connectivity index is 1.70. The Kier molecular flexibility index (Phi) is 3.52. The Morgan fingerprint density at radius 1 is 1.60 bits per heavy atom. The largest absolute Gasteiger partial charge is 0.300 e. The van der Waals surface area contributed by atoms with Crippen molar-refractivity contribution in [2.24, 2.45) is 5.92 Å². The van der Waals surface area contributed by atoms with Crippen LogP contribution in [0.25, 0.3) is 0 Å². The molecule has 1 aliphatic rings. The molecular weight excluding hydrogens is 274 g/mol. The molecule has 6 nitrogen and oxygen atoms in total. The molecule has 0 bridgehead atoms. The Labute approximate surface area is 121 Å². The standard InChI is InChI=1S/C13H17N5OS/c1-8-3-4-10-11(5-8)20-13(16-10)17-12(19)9(2)18-7-14-6-15-18/h6-9H,3-5H2,1-2H3,(H,16,17,19)/t8-,9-/m0/s1. The van der Waals surface area contributed by atoms with E-state index in [0.717, 1.165) is 18.5 Å². The van der Waals surface area contributed by atoms with Gasteiger partial charge in [0, 0.05) is 4.88 Å². The third kappa shape index (κ3) is 2.58. The smallest absolute Gasteiger partial charge is 0.250 e. The fraction of sp³-hybridized carbons (Fsp3) is 0.538. The number of aryl methyl sites for hydroxylation is 1. The van der Waals surface area contributed by atoms with E-state index < -0.39 is 6.04 Å². The Morgan fingerprint density at radius 2 is 2.45 bits per heavy atom. The van der Waals surface area contributed by atoms with Crippen LogP contribution in [0.15, 0.2) is 12.7 Å². The third-order valence-corrected chi connectivity index (χ3v) is 4.66. The van der Waals surface area contributed by atoms with Gasteiger partial charge in [0.2, 0.25) is 0 Å². The van der Waals surface area contributed by atoms with E-state index >= 15 is 0 Å². The number of carbonyl (C=O) groups excluding carboxylic acids is 1. The van der Waals surface area contributed by atoms with Crippen LogP contribution in [-0.4, -0.2) is 25.7 Å². The zero-order chi connectivity index (χ0) is 14.1. The van der Waals surface area contributed by atoms with Crippen LogP contribution in [-0.2, 0) is 17.6 Å². The van der Waals surface area contributed by atoms with E-state index in [1.807, 2.05) is 0 Å². The first kappa shape index (κ1) is 13.2. The first-order valence-corrected chi connectivity index (χ1v) is 7.58. The number of amides is 1. The molecule has 7 heteroatoms. The highest BCUT2D eigenvalue weighted by atomic mass is 32.1. The molecule has 1 N–H and O–H groups in total. The molecule has 106 valence electrons. The second kappa shape index (κ2) is 5.32. The number of anilines is 1. The summed E-state index contributed by atoms with van der Waals surface area (Å²) in [4.78, 5) is 21.9. The second-order valence-electron chi connectivity index (χ2n) is 5.28. The van der Waals surface area contributed by atoms with Gasteiger partial charge >= 0.3 is 0 Å². The number of thiazole rings is 1. The molecule has 0 saturated carbocycles. The number of hydrogen-bond acceptors (Lipinski definition) is 5. The minimum atomic E-state index is -0.391. The maximum atomic E-state index is 12.2. The predicted molar refractivity (Wildman–Crippen MR) is 76.7 cm³/mol. The van der Waals surface area contributed by atoms with E-state index in [2.05, 4.69) is 27.3 Å². The molecule has 1 amide bonds. The molecule has 0 aromatic carbocycles. The highest BCUT2D eigenvalue weighted by Crippen LogP contribution is 2.32. The quantitative estimate of drug-likeness (QED) is 0.939. The minimum Gasteiger partial charge on any atom is -0.300 e. The number of nitrogens with zero attached hydrogens (tertiary/aromatic N) is 4. The fourth-order valence-electron chi connectivity index (χ4n) is 2.34. The van der Waals surface area contributed by atoms with Crippen LogP contribution in [0.3, 0.4) is 0 Å². The molecule has 2 heterocycles. The van der Waals surface area contributed by atoms with Crippen molar-refractivity contribution in [2.45, 2.75) is 39.2 Å². The molecule has 0 aliphatic heterocycles. The summed E-state index contributed by atoms with van der Waals surface area (Å²) < 4.78 is 1.53. The number of hydrogen-bond donors (Lipinski definition) is 1. The Morgan fingerprint density at radius 3 is 3.20 bits per heavy atom. The summed E-state index contributed by atoms with van der Waals surface area (Å²) >= 11 is 1.59. The van der Waals surface area contributed by atoms with Gasteiger partial charge in [-0.25, -0.2) is 14.6 Å². The molecular formula is C13H17N5OS. The van der Waals surface area contributed by atoms with Crippen molar-refractivity contribution in [1.82, 2.24) is 19.7 Å². The van der Waals surface area contributed by atoms with Crippen molar-refractivity contribution in [3.63, 3.8) is 0 Å². The predicted octanol–water partition coefficient (Wildman–Crippen LogP) is 2.06. The highest BCUT2D eigenvalue weighted by molar-refractivity contribution is 7.15. The number of fused-ring (bicyclic) bond motifs is 1. The highest BCUT2D eigenvalue weighted by Gasteiger charge is 2.22.